The van der Waals surface area contributed by atoms with Crippen molar-refractivity contribution in [3.05, 3.63) is 60.2 Å². The number of hydrogen-bond acceptors (Lipinski definition) is 6. The van der Waals surface area contributed by atoms with E-state index in [-0.39, 0.29) is 5.92 Å². The van der Waals surface area contributed by atoms with Gasteiger partial charge in [0.1, 0.15) is 11.5 Å². The quantitative estimate of drug-likeness (QED) is 0.596. The van der Waals surface area contributed by atoms with Gasteiger partial charge in [-0.2, -0.15) is 0 Å². The molecule has 2 aromatic carbocycles. The van der Waals surface area contributed by atoms with Crippen molar-refractivity contribution in [2.45, 2.75) is 38.7 Å². The molecule has 1 amide bonds. The standard InChI is InChI=1S/C21H25BN2O5/c1-14(2)12-20(22(26)27)23-21(25)19-13-18(24-29-19)15-8-10-17(11-9-15)28-16-6-4-3-5-7-16/h3-11,14,19-20,26-27H,12-13H2,1-2H3,(H,23,25). The SMILES string of the molecule is CC(C)CC(NC(=O)C1CC(c2ccc(Oc3ccccc3)cc2)=NO1)B(O)O. The zero-order valence-corrected chi connectivity index (χ0v) is 16.5. The van der Waals surface area contributed by atoms with E-state index < -0.39 is 25.1 Å². The van der Waals surface area contributed by atoms with Crippen molar-refractivity contribution in [2.75, 3.05) is 0 Å². The highest BCUT2D eigenvalue weighted by atomic mass is 16.6. The molecule has 3 N–H and O–H groups in total. The lowest BCUT2D eigenvalue weighted by Crippen LogP contribution is -2.50. The monoisotopic (exact) mass is 396 g/mol. The van der Waals surface area contributed by atoms with Gasteiger partial charge in [0.05, 0.1) is 11.7 Å². The predicted octanol–water partition coefficient (Wildman–Crippen LogP) is 2.51. The second-order valence-corrected chi connectivity index (χ2v) is 7.43. The fourth-order valence-electron chi connectivity index (χ4n) is 3.07. The van der Waals surface area contributed by atoms with E-state index in [0.717, 1.165) is 11.3 Å². The van der Waals surface area contributed by atoms with Gasteiger partial charge in [0.15, 0.2) is 0 Å². The summed E-state index contributed by atoms with van der Waals surface area (Å²) in [5.74, 6) is 0.494. The summed E-state index contributed by atoms with van der Waals surface area (Å²) in [5, 5.41) is 25.6. The third-order valence-electron chi connectivity index (χ3n) is 4.54. The third-order valence-corrected chi connectivity index (χ3v) is 4.54. The Morgan fingerprint density at radius 2 is 1.83 bits per heavy atom. The largest absolute Gasteiger partial charge is 0.475 e. The highest BCUT2D eigenvalue weighted by molar-refractivity contribution is 6.43. The number of hydrogen-bond donors (Lipinski definition) is 3. The Balaban J connectivity index is 1.56. The van der Waals surface area contributed by atoms with Crippen molar-refractivity contribution < 1.29 is 24.4 Å². The van der Waals surface area contributed by atoms with Crippen LogP contribution in [-0.4, -0.2) is 40.8 Å². The summed E-state index contributed by atoms with van der Waals surface area (Å²) in [4.78, 5) is 17.7. The van der Waals surface area contributed by atoms with Gasteiger partial charge in [0.2, 0.25) is 6.10 Å². The molecule has 0 aliphatic carbocycles. The first-order chi connectivity index (χ1) is 13.9. The summed E-state index contributed by atoms with van der Waals surface area (Å²) in [5.41, 5.74) is 1.49. The molecule has 0 fully saturated rings. The van der Waals surface area contributed by atoms with Crippen LogP contribution in [0.2, 0.25) is 0 Å². The molecule has 0 saturated heterocycles. The van der Waals surface area contributed by atoms with E-state index in [1.54, 1.807) is 0 Å². The molecule has 2 atom stereocenters. The van der Waals surface area contributed by atoms with Crippen LogP contribution in [0.3, 0.4) is 0 Å². The minimum atomic E-state index is -1.62. The fraction of sp³-hybridized carbons (Fsp3) is 0.333. The molecular weight excluding hydrogens is 371 g/mol. The molecule has 29 heavy (non-hydrogen) atoms. The predicted molar refractivity (Wildman–Crippen MR) is 111 cm³/mol. The number of benzene rings is 2. The maximum atomic E-state index is 12.4. The van der Waals surface area contributed by atoms with Crippen LogP contribution in [0.1, 0.15) is 32.3 Å². The van der Waals surface area contributed by atoms with Gasteiger partial charge in [-0.1, -0.05) is 37.2 Å². The molecule has 0 saturated carbocycles. The van der Waals surface area contributed by atoms with Crippen molar-refractivity contribution in [1.82, 2.24) is 5.32 Å². The Kier molecular flexibility index (Phi) is 6.90. The van der Waals surface area contributed by atoms with Gasteiger partial charge in [-0.25, -0.2) is 0 Å². The lowest BCUT2D eigenvalue weighted by molar-refractivity contribution is -0.131. The topological polar surface area (TPSA) is 100 Å². The van der Waals surface area contributed by atoms with E-state index >= 15 is 0 Å². The van der Waals surface area contributed by atoms with Crippen LogP contribution >= 0.6 is 0 Å². The molecule has 0 radical (unpaired) electrons. The van der Waals surface area contributed by atoms with Crippen molar-refractivity contribution in [1.29, 1.82) is 0 Å². The van der Waals surface area contributed by atoms with Crippen LogP contribution in [0.15, 0.2) is 59.8 Å². The average molecular weight is 396 g/mol. The summed E-state index contributed by atoms with van der Waals surface area (Å²) in [6.07, 6.45) is -0.0356. The van der Waals surface area contributed by atoms with Crippen LogP contribution in [0, 0.1) is 5.92 Å². The van der Waals surface area contributed by atoms with E-state index in [1.165, 1.54) is 0 Å². The first kappa shape index (κ1) is 20.9. The molecule has 1 aliphatic heterocycles. The minimum absolute atomic E-state index is 0.204. The smallest absolute Gasteiger partial charge is 0.457 e. The Bertz CT molecular complexity index is 840. The molecule has 2 unspecified atom stereocenters. The van der Waals surface area contributed by atoms with Crippen LogP contribution in [0.25, 0.3) is 0 Å². The van der Waals surface area contributed by atoms with Crippen LogP contribution in [-0.2, 0) is 9.63 Å². The summed E-state index contributed by atoms with van der Waals surface area (Å²) >= 11 is 0. The molecular formula is C21H25BN2O5. The van der Waals surface area contributed by atoms with Crippen molar-refractivity contribution in [2.24, 2.45) is 11.1 Å². The first-order valence-electron chi connectivity index (χ1n) is 9.65. The Morgan fingerprint density at radius 1 is 1.17 bits per heavy atom. The number of ether oxygens (including phenoxy) is 1. The van der Waals surface area contributed by atoms with Gasteiger partial charge >= 0.3 is 7.12 Å². The molecule has 0 bridgehead atoms. The van der Waals surface area contributed by atoms with Crippen LogP contribution in [0.4, 0.5) is 0 Å². The summed E-state index contributed by atoms with van der Waals surface area (Å²) in [6, 6.07) is 16.9. The fourth-order valence-corrected chi connectivity index (χ4v) is 3.07. The summed E-state index contributed by atoms with van der Waals surface area (Å²) < 4.78 is 5.77. The average Bonchev–Trinajstić information content (AvgIpc) is 3.19. The van der Waals surface area contributed by atoms with Gasteiger partial charge in [-0.15, -0.1) is 0 Å². The minimum Gasteiger partial charge on any atom is -0.457 e. The number of oxime groups is 1. The second kappa shape index (κ2) is 9.58. The second-order valence-electron chi connectivity index (χ2n) is 7.43. The third kappa shape index (κ3) is 5.82. The lowest BCUT2D eigenvalue weighted by atomic mass is 9.75. The van der Waals surface area contributed by atoms with Gasteiger partial charge < -0.3 is 24.9 Å². The van der Waals surface area contributed by atoms with Crippen LogP contribution in [0.5, 0.6) is 11.5 Å². The van der Waals surface area contributed by atoms with Crippen molar-refractivity contribution >= 4 is 18.7 Å². The molecule has 1 aliphatic rings. The highest BCUT2D eigenvalue weighted by Crippen LogP contribution is 2.23. The Morgan fingerprint density at radius 3 is 2.45 bits per heavy atom. The molecule has 1 heterocycles. The zero-order chi connectivity index (χ0) is 20.8. The number of rotatable bonds is 8. The molecule has 2 aromatic rings. The number of nitrogens with zero attached hydrogens (tertiary/aromatic N) is 1. The van der Waals surface area contributed by atoms with Crippen molar-refractivity contribution in [3.8, 4) is 11.5 Å². The zero-order valence-electron chi connectivity index (χ0n) is 16.5. The Labute approximate surface area is 170 Å². The molecule has 0 spiro atoms. The molecule has 0 aromatic heterocycles. The number of carbonyl (C=O) groups is 1. The molecule has 3 rings (SSSR count). The van der Waals surface area contributed by atoms with E-state index in [1.807, 2.05) is 68.4 Å². The maximum absolute atomic E-state index is 12.4. The molecule has 152 valence electrons. The summed E-state index contributed by atoms with van der Waals surface area (Å²) in [6.45, 7) is 3.89. The summed E-state index contributed by atoms with van der Waals surface area (Å²) in [7, 11) is -1.62. The van der Waals surface area contributed by atoms with Gasteiger partial charge in [-0.05, 0) is 54.3 Å². The van der Waals surface area contributed by atoms with Crippen molar-refractivity contribution in [3.63, 3.8) is 0 Å². The van der Waals surface area contributed by atoms with E-state index in [2.05, 4.69) is 10.5 Å². The van der Waals surface area contributed by atoms with Gasteiger partial charge in [0, 0.05) is 6.42 Å². The number of carbonyl (C=O) groups excluding carboxylic acids is 1. The highest BCUT2D eigenvalue weighted by Gasteiger charge is 2.33. The van der Waals surface area contributed by atoms with Gasteiger partial charge in [0.25, 0.3) is 5.91 Å². The number of nitrogens with one attached hydrogen (secondary N) is 1. The number of para-hydroxylation sites is 1. The molecule has 7 nitrogen and oxygen atoms in total. The first-order valence-corrected chi connectivity index (χ1v) is 9.65. The van der Waals surface area contributed by atoms with Crippen LogP contribution < -0.4 is 10.1 Å². The maximum Gasteiger partial charge on any atom is 0.475 e. The Hall–Kier alpha value is -2.84. The van der Waals surface area contributed by atoms with E-state index in [0.29, 0.717) is 24.3 Å². The van der Waals surface area contributed by atoms with E-state index in [9.17, 15) is 14.8 Å². The van der Waals surface area contributed by atoms with Gasteiger partial charge in [-0.3, -0.25) is 4.79 Å². The molecule has 8 heteroatoms. The van der Waals surface area contributed by atoms with E-state index in [4.69, 9.17) is 9.57 Å². The normalized spacial score (nSPS) is 16.7. The number of amides is 1. The lowest BCUT2D eigenvalue weighted by Gasteiger charge is -2.20.